The predicted octanol–water partition coefficient (Wildman–Crippen LogP) is 2.84. The minimum Gasteiger partial charge on any atom is -0.481 e. The minimum atomic E-state index is -0.699. The molecule has 0 radical (unpaired) electrons. The second-order valence-corrected chi connectivity index (χ2v) is 5.03. The molecule has 114 valence electrons. The van der Waals surface area contributed by atoms with E-state index in [1.807, 2.05) is 18.2 Å². The van der Waals surface area contributed by atoms with E-state index in [-0.39, 0.29) is 16.5 Å². The van der Waals surface area contributed by atoms with Gasteiger partial charge in [0.1, 0.15) is 5.75 Å². The van der Waals surface area contributed by atoms with Crippen molar-refractivity contribution >= 4 is 29.1 Å². The van der Waals surface area contributed by atoms with Crippen molar-refractivity contribution in [2.45, 2.75) is 13.0 Å². The first kappa shape index (κ1) is 15.9. The number of carbonyl (C=O) groups is 2. The number of benzene rings is 2. The van der Waals surface area contributed by atoms with Gasteiger partial charge in [0.25, 0.3) is 5.91 Å². The number of carbonyl (C=O) groups excluding carboxylic acids is 2. The summed E-state index contributed by atoms with van der Waals surface area (Å²) in [5, 5.41) is 2.89. The summed E-state index contributed by atoms with van der Waals surface area (Å²) in [4.78, 5) is 23.3. The Bertz CT molecular complexity index is 689. The van der Waals surface area contributed by atoms with Crippen molar-refractivity contribution in [1.82, 2.24) is 0 Å². The Morgan fingerprint density at radius 3 is 2.50 bits per heavy atom. The molecule has 2 amide bonds. The number of para-hydroxylation sites is 1. The minimum absolute atomic E-state index is 0.149. The number of hydrogen-bond acceptors (Lipinski definition) is 3. The number of halogens is 1. The largest absolute Gasteiger partial charge is 0.481 e. The second kappa shape index (κ2) is 6.95. The Kier molecular flexibility index (Phi) is 5.01. The zero-order valence-electron chi connectivity index (χ0n) is 11.9. The lowest BCUT2D eigenvalue weighted by Crippen LogP contribution is -2.30. The molecule has 0 fully saturated rings. The molecule has 2 aromatic carbocycles. The van der Waals surface area contributed by atoms with Crippen LogP contribution in [0, 0.1) is 0 Å². The lowest BCUT2D eigenvalue weighted by molar-refractivity contribution is -0.122. The average Bonchev–Trinajstić information content (AvgIpc) is 2.49. The van der Waals surface area contributed by atoms with Crippen molar-refractivity contribution in [2.24, 2.45) is 5.73 Å². The summed E-state index contributed by atoms with van der Waals surface area (Å²) in [6, 6.07) is 13.5. The summed E-state index contributed by atoms with van der Waals surface area (Å²) in [6.07, 6.45) is -0.699. The zero-order valence-corrected chi connectivity index (χ0v) is 12.6. The number of nitrogens with two attached hydrogens (primary N) is 1. The van der Waals surface area contributed by atoms with E-state index in [0.717, 1.165) is 0 Å². The first-order valence-corrected chi connectivity index (χ1v) is 6.97. The lowest BCUT2D eigenvalue weighted by atomic mass is 10.2. The van der Waals surface area contributed by atoms with Crippen molar-refractivity contribution in [1.29, 1.82) is 0 Å². The van der Waals surface area contributed by atoms with Gasteiger partial charge in [0.15, 0.2) is 6.10 Å². The van der Waals surface area contributed by atoms with Crippen LogP contribution in [0.2, 0.25) is 5.02 Å². The molecule has 0 aromatic heterocycles. The van der Waals surface area contributed by atoms with Crippen LogP contribution in [-0.2, 0) is 4.79 Å². The molecule has 0 saturated carbocycles. The van der Waals surface area contributed by atoms with Crippen molar-refractivity contribution in [3.8, 4) is 5.75 Å². The number of nitrogens with one attached hydrogen (secondary N) is 1. The topological polar surface area (TPSA) is 81.4 Å². The fraction of sp³-hybridized carbons (Fsp3) is 0.125. The summed E-state index contributed by atoms with van der Waals surface area (Å²) in [5.41, 5.74) is 5.79. The Balaban J connectivity index is 2.05. The molecule has 1 atom stereocenters. The van der Waals surface area contributed by atoms with Crippen LogP contribution < -0.4 is 15.8 Å². The Hall–Kier alpha value is -2.53. The summed E-state index contributed by atoms with van der Waals surface area (Å²) in [7, 11) is 0. The molecule has 0 saturated heterocycles. The smallest absolute Gasteiger partial charge is 0.265 e. The monoisotopic (exact) mass is 318 g/mol. The van der Waals surface area contributed by atoms with Gasteiger partial charge in [0.2, 0.25) is 5.91 Å². The highest BCUT2D eigenvalue weighted by Gasteiger charge is 2.16. The molecule has 0 bridgehead atoms. The van der Waals surface area contributed by atoms with Gasteiger partial charge < -0.3 is 15.8 Å². The van der Waals surface area contributed by atoms with Crippen molar-refractivity contribution in [3.05, 3.63) is 59.1 Å². The van der Waals surface area contributed by atoms with Crippen molar-refractivity contribution < 1.29 is 14.3 Å². The summed E-state index contributed by atoms with van der Waals surface area (Å²) in [6.45, 7) is 1.63. The molecule has 2 rings (SSSR count). The van der Waals surface area contributed by atoms with Crippen LogP contribution in [0.15, 0.2) is 48.5 Å². The number of amides is 2. The fourth-order valence-electron chi connectivity index (χ4n) is 1.79. The van der Waals surface area contributed by atoms with Gasteiger partial charge in [-0.3, -0.25) is 9.59 Å². The van der Waals surface area contributed by atoms with Crippen molar-refractivity contribution in [2.75, 3.05) is 5.32 Å². The number of primary amides is 1. The van der Waals surface area contributed by atoms with Gasteiger partial charge >= 0.3 is 0 Å². The molecule has 0 heterocycles. The molecule has 0 spiro atoms. The van der Waals surface area contributed by atoms with Gasteiger partial charge in [-0.15, -0.1) is 0 Å². The van der Waals surface area contributed by atoms with E-state index in [1.54, 1.807) is 25.1 Å². The maximum absolute atomic E-state index is 12.1. The molecule has 0 unspecified atom stereocenters. The van der Waals surface area contributed by atoms with Crippen LogP contribution in [0.5, 0.6) is 5.75 Å². The third kappa shape index (κ3) is 3.99. The van der Waals surface area contributed by atoms with Crippen molar-refractivity contribution in [3.63, 3.8) is 0 Å². The quantitative estimate of drug-likeness (QED) is 0.889. The third-order valence-electron chi connectivity index (χ3n) is 2.92. The van der Waals surface area contributed by atoms with Gasteiger partial charge in [0.05, 0.1) is 10.6 Å². The molecule has 6 heteroatoms. The molecular weight excluding hydrogens is 304 g/mol. The van der Waals surface area contributed by atoms with Crippen LogP contribution >= 0.6 is 11.6 Å². The van der Waals surface area contributed by atoms with E-state index >= 15 is 0 Å². The zero-order chi connectivity index (χ0) is 16.1. The first-order valence-electron chi connectivity index (χ1n) is 6.59. The van der Waals surface area contributed by atoms with Gasteiger partial charge in [-0.2, -0.15) is 0 Å². The molecule has 0 aliphatic rings. The Morgan fingerprint density at radius 1 is 1.18 bits per heavy atom. The second-order valence-electron chi connectivity index (χ2n) is 4.62. The van der Waals surface area contributed by atoms with Crippen LogP contribution in [0.1, 0.15) is 17.3 Å². The van der Waals surface area contributed by atoms with E-state index in [0.29, 0.717) is 11.4 Å². The summed E-state index contributed by atoms with van der Waals surface area (Å²) < 4.78 is 5.52. The normalized spacial score (nSPS) is 11.5. The molecule has 3 N–H and O–H groups in total. The van der Waals surface area contributed by atoms with E-state index in [1.165, 1.54) is 12.1 Å². The highest BCUT2D eigenvalue weighted by Crippen LogP contribution is 2.20. The first-order chi connectivity index (χ1) is 10.5. The van der Waals surface area contributed by atoms with Gasteiger partial charge in [-0.05, 0) is 37.3 Å². The summed E-state index contributed by atoms with van der Waals surface area (Å²) in [5.74, 6) is -0.407. The van der Waals surface area contributed by atoms with E-state index < -0.39 is 12.0 Å². The summed E-state index contributed by atoms with van der Waals surface area (Å²) >= 11 is 5.86. The fourth-order valence-corrected chi connectivity index (χ4v) is 2.00. The molecule has 2 aromatic rings. The maximum atomic E-state index is 12.1. The molecule has 5 nitrogen and oxygen atoms in total. The van der Waals surface area contributed by atoms with E-state index in [9.17, 15) is 9.59 Å². The lowest BCUT2D eigenvalue weighted by Gasteiger charge is -2.15. The molecular formula is C16H15ClN2O3. The maximum Gasteiger partial charge on any atom is 0.265 e. The highest BCUT2D eigenvalue weighted by atomic mass is 35.5. The van der Waals surface area contributed by atoms with Gasteiger partial charge in [-0.1, -0.05) is 29.8 Å². The molecule has 0 aliphatic carbocycles. The average molecular weight is 319 g/mol. The van der Waals surface area contributed by atoms with Crippen LogP contribution in [0.25, 0.3) is 0 Å². The van der Waals surface area contributed by atoms with E-state index in [2.05, 4.69) is 5.32 Å². The van der Waals surface area contributed by atoms with Crippen LogP contribution in [-0.4, -0.2) is 17.9 Å². The standard InChI is InChI=1S/C16H15ClN2O3/c1-10(22-12-5-3-2-4-6-12)16(21)19-11-7-8-14(17)13(9-11)15(18)20/h2-10H,1H3,(H2,18,20)(H,19,21)/t10-/m0/s1. The third-order valence-corrected chi connectivity index (χ3v) is 3.25. The predicted molar refractivity (Wildman–Crippen MR) is 85.1 cm³/mol. The number of rotatable bonds is 5. The number of anilines is 1. The van der Waals surface area contributed by atoms with E-state index in [4.69, 9.17) is 22.1 Å². The highest BCUT2D eigenvalue weighted by molar-refractivity contribution is 6.34. The molecule has 22 heavy (non-hydrogen) atoms. The number of hydrogen-bond donors (Lipinski definition) is 2. The SMILES string of the molecule is C[C@H](Oc1ccccc1)C(=O)Nc1ccc(Cl)c(C(N)=O)c1. The Labute approximate surface area is 133 Å². The van der Waals surface area contributed by atoms with Gasteiger partial charge in [-0.25, -0.2) is 0 Å². The molecule has 0 aliphatic heterocycles. The van der Waals surface area contributed by atoms with Gasteiger partial charge in [0, 0.05) is 5.69 Å². The Morgan fingerprint density at radius 2 is 1.86 bits per heavy atom. The van der Waals surface area contributed by atoms with Crippen LogP contribution in [0.3, 0.4) is 0 Å². The number of ether oxygens (including phenoxy) is 1. The van der Waals surface area contributed by atoms with Crippen LogP contribution in [0.4, 0.5) is 5.69 Å².